The van der Waals surface area contributed by atoms with Gasteiger partial charge in [-0.2, -0.15) is 0 Å². The van der Waals surface area contributed by atoms with Crippen LogP contribution < -0.4 is 15.6 Å². The van der Waals surface area contributed by atoms with Crippen LogP contribution in [0.25, 0.3) is 11.3 Å². The molecule has 1 saturated carbocycles. The third-order valence-corrected chi connectivity index (χ3v) is 8.00. The maximum absolute atomic E-state index is 14.6. The summed E-state index contributed by atoms with van der Waals surface area (Å²) in [6.45, 7) is 0. The molecule has 1 fully saturated rings. The molecule has 0 spiro atoms. The second-order valence-electron chi connectivity index (χ2n) is 9.54. The Morgan fingerprint density at radius 3 is 2.66 bits per heavy atom. The minimum atomic E-state index is -3.93. The van der Waals surface area contributed by atoms with Crippen molar-refractivity contribution in [2.45, 2.75) is 38.1 Å². The molecule has 202 valence electrons. The number of hydrazine groups is 1. The largest absolute Gasteiger partial charge is 0.353 e. The second kappa shape index (κ2) is 12.1. The monoisotopic (exact) mass is 561 g/mol. The van der Waals surface area contributed by atoms with Crippen molar-refractivity contribution in [2.24, 2.45) is 13.0 Å². The Kier molecular flexibility index (Phi) is 8.80. The lowest BCUT2D eigenvalue weighted by molar-refractivity contribution is -0.121. The first-order chi connectivity index (χ1) is 18.1. The van der Waals surface area contributed by atoms with Gasteiger partial charge in [-0.25, -0.2) is 17.8 Å². The Balaban J connectivity index is 1.32. The van der Waals surface area contributed by atoms with E-state index in [1.165, 1.54) is 12.1 Å². The number of amides is 2. The highest BCUT2D eigenvalue weighted by atomic mass is 35.5. The van der Waals surface area contributed by atoms with Crippen molar-refractivity contribution in [3.05, 3.63) is 77.0 Å². The summed E-state index contributed by atoms with van der Waals surface area (Å²) in [7, 11) is -2.17. The van der Waals surface area contributed by atoms with Crippen LogP contribution in [0.3, 0.4) is 0 Å². The third kappa shape index (κ3) is 7.40. The molecule has 0 radical (unpaired) electrons. The zero-order valence-corrected chi connectivity index (χ0v) is 22.4. The molecule has 1 heterocycles. The zero-order chi connectivity index (χ0) is 27.3. The SMILES string of the molecule is Cn1cnc(-c2cc(Cl)c(F)c(C(=O)NNS(=O)(=O)CC3CCCC(NC(=O)Cc4ccccc4)C3)c2)c1. The average Bonchev–Trinajstić information content (AvgIpc) is 3.31. The minimum Gasteiger partial charge on any atom is -0.353 e. The number of sulfonamides is 1. The molecule has 1 aliphatic rings. The van der Waals surface area contributed by atoms with Gasteiger partial charge in [0.25, 0.3) is 5.91 Å². The maximum atomic E-state index is 14.6. The van der Waals surface area contributed by atoms with Gasteiger partial charge < -0.3 is 9.88 Å². The van der Waals surface area contributed by atoms with E-state index in [9.17, 15) is 22.4 Å². The number of halogens is 2. The molecule has 4 rings (SSSR count). The Morgan fingerprint density at radius 1 is 1.18 bits per heavy atom. The summed E-state index contributed by atoms with van der Waals surface area (Å²) in [6.07, 6.45) is 6.21. The van der Waals surface area contributed by atoms with Crippen LogP contribution in [0.1, 0.15) is 41.6 Å². The van der Waals surface area contributed by atoms with E-state index in [0.29, 0.717) is 24.1 Å². The van der Waals surface area contributed by atoms with Gasteiger partial charge in [-0.05, 0) is 42.9 Å². The van der Waals surface area contributed by atoms with E-state index in [-0.39, 0.29) is 35.1 Å². The normalized spacial score (nSPS) is 17.7. The van der Waals surface area contributed by atoms with Crippen LogP contribution in [-0.4, -0.2) is 41.6 Å². The van der Waals surface area contributed by atoms with Gasteiger partial charge in [-0.1, -0.05) is 48.4 Å². The lowest BCUT2D eigenvalue weighted by Gasteiger charge is -2.29. The summed E-state index contributed by atoms with van der Waals surface area (Å²) in [6, 6.07) is 11.9. The molecule has 0 bridgehead atoms. The molecule has 2 aromatic carbocycles. The predicted octanol–water partition coefficient (Wildman–Crippen LogP) is 3.36. The molecular weight excluding hydrogens is 533 g/mol. The number of nitrogens with one attached hydrogen (secondary N) is 3. The van der Waals surface area contributed by atoms with E-state index in [0.717, 1.165) is 18.4 Å². The van der Waals surface area contributed by atoms with Crippen molar-refractivity contribution in [3.63, 3.8) is 0 Å². The van der Waals surface area contributed by atoms with Crippen LogP contribution in [0, 0.1) is 11.7 Å². The van der Waals surface area contributed by atoms with Crippen molar-refractivity contribution < 1.29 is 22.4 Å². The summed E-state index contributed by atoms with van der Waals surface area (Å²) in [5.41, 5.74) is 3.46. The lowest BCUT2D eigenvalue weighted by atomic mass is 9.87. The fourth-order valence-corrected chi connectivity index (χ4v) is 6.12. The minimum absolute atomic E-state index is 0.108. The van der Waals surface area contributed by atoms with E-state index in [1.807, 2.05) is 30.3 Å². The van der Waals surface area contributed by atoms with Gasteiger partial charge in [0.1, 0.15) is 0 Å². The molecule has 3 aromatic rings. The van der Waals surface area contributed by atoms with E-state index < -0.39 is 27.3 Å². The fourth-order valence-electron chi connectivity index (χ4n) is 4.64. The van der Waals surface area contributed by atoms with Gasteiger partial charge in [0.2, 0.25) is 15.9 Å². The summed E-state index contributed by atoms with van der Waals surface area (Å²) in [5, 5.41) is 2.71. The summed E-state index contributed by atoms with van der Waals surface area (Å²) < 4.78 is 41.7. The molecule has 9 nitrogen and oxygen atoms in total. The number of rotatable bonds is 9. The first-order valence-electron chi connectivity index (χ1n) is 12.2. The molecule has 0 saturated heterocycles. The smallest absolute Gasteiger partial charge is 0.269 e. The van der Waals surface area contributed by atoms with Gasteiger partial charge >= 0.3 is 0 Å². The predicted molar refractivity (Wildman–Crippen MR) is 142 cm³/mol. The number of hydrogen-bond donors (Lipinski definition) is 3. The molecule has 1 aromatic heterocycles. The number of benzene rings is 2. The molecule has 2 amide bonds. The summed E-state index contributed by atoms with van der Waals surface area (Å²) in [4.78, 5) is 31.3. The average molecular weight is 562 g/mol. The van der Waals surface area contributed by atoms with Crippen molar-refractivity contribution in [2.75, 3.05) is 5.75 Å². The lowest BCUT2D eigenvalue weighted by Crippen LogP contribution is -2.45. The number of carbonyl (C=O) groups excluding carboxylic acids is 2. The highest BCUT2D eigenvalue weighted by Gasteiger charge is 2.28. The van der Waals surface area contributed by atoms with Crippen LogP contribution in [0.5, 0.6) is 0 Å². The quantitative estimate of drug-likeness (QED) is 0.346. The number of nitrogens with zero attached hydrogens (tertiary/aromatic N) is 2. The van der Waals surface area contributed by atoms with Gasteiger partial charge in [0, 0.05) is 24.8 Å². The Morgan fingerprint density at radius 2 is 1.95 bits per heavy atom. The number of hydrogen-bond acceptors (Lipinski definition) is 5. The summed E-state index contributed by atoms with van der Waals surface area (Å²) >= 11 is 5.98. The standard InChI is InChI=1S/C26H29ClFN5O4S/c1-33-14-23(29-16-33)19-12-21(25(28)22(27)13-19)26(35)31-32-38(36,37)15-18-8-5-9-20(10-18)30-24(34)11-17-6-3-2-4-7-17/h2-4,6-7,12-14,16,18,20,32H,5,8-11,15H2,1H3,(H,30,34)(H,31,35). The van der Waals surface area contributed by atoms with Crippen molar-refractivity contribution in [3.8, 4) is 11.3 Å². The zero-order valence-electron chi connectivity index (χ0n) is 20.8. The van der Waals surface area contributed by atoms with E-state index in [4.69, 9.17) is 11.6 Å². The van der Waals surface area contributed by atoms with E-state index in [2.05, 4.69) is 20.6 Å². The van der Waals surface area contributed by atoms with Gasteiger partial charge in [0.15, 0.2) is 5.82 Å². The van der Waals surface area contributed by atoms with Crippen LogP contribution in [0.15, 0.2) is 55.0 Å². The van der Waals surface area contributed by atoms with Crippen molar-refractivity contribution in [1.29, 1.82) is 0 Å². The Bertz CT molecular complexity index is 1410. The molecule has 12 heteroatoms. The third-order valence-electron chi connectivity index (χ3n) is 6.40. The molecule has 2 atom stereocenters. The molecular formula is C26H29ClFN5O4S. The second-order valence-corrected chi connectivity index (χ2v) is 11.7. The van der Waals surface area contributed by atoms with Crippen LogP contribution in [0.2, 0.25) is 5.02 Å². The van der Waals surface area contributed by atoms with Crippen LogP contribution in [0.4, 0.5) is 4.39 Å². The van der Waals surface area contributed by atoms with E-state index >= 15 is 0 Å². The number of carbonyl (C=O) groups is 2. The topological polar surface area (TPSA) is 122 Å². The van der Waals surface area contributed by atoms with Gasteiger partial charge in [-0.15, -0.1) is 4.83 Å². The molecule has 38 heavy (non-hydrogen) atoms. The first kappa shape index (κ1) is 27.7. The van der Waals surface area contributed by atoms with Crippen LogP contribution >= 0.6 is 11.6 Å². The van der Waals surface area contributed by atoms with Gasteiger partial charge in [-0.3, -0.25) is 15.0 Å². The fraction of sp³-hybridized carbons (Fsp3) is 0.346. The van der Waals surface area contributed by atoms with Crippen molar-refractivity contribution in [1.82, 2.24) is 25.1 Å². The van der Waals surface area contributed by atoms with Gasteiger partial charge in [0.05, 0.1) is 34.8 Å². The van der Waals surface area contributed by atoms with Crippen molar-refractivity contribution >= 4 is 33.4 Å². The van der Waals surface area contributed by atoms with Crippen LogP contribution in [-0.2, 0) is 28.3 Å². The molecule has 0 aliphatic heterocycles. The number of aryl methyl sites for hydroxylation is 1. The maximum Gasteiger partial charge on any atom is 0.269 e. The Hall–Kier alpha value is -3.28. The first-order valence-corrected chi connectivity index (χ1v) is 14.2. The summed E-state index contributed by atoms with van der Waals surface area (Å²) in [5.74, 6) is -2.51. The molecule has 3 N–H and O–H groups in total. The molecule has 1 aliphatic carbocycles. The molecule has 2 unspecified atom stereocenters. The Labute approximate surface area is 225 Å². The highest BCUT2D eigenvalue weighted by molar-refractivity contribution is 7.89. The highest BCUT2D eigenvalue weighted by Crippen LogP contribution is 2.28. The number of aromatic nitrogens is 2. The number of imidazole rings is 1. The van der Waals surface area contributed by atoms with E-state index in [1.54, 1.807) is 24.1 Å².